The highest BCUT2D eigenvalue weighted by Gasteiger charge is 2.30. The fourth-order valence-electron chi connectivity index (χ4n) is 5.41. The summed E-state index contributed by atoms with van der Waals surface area (Å²) in [5, 5.41) is 13.9. The molecule has 0 saturated heterocycles. The highest BCUT2D eigenvalue weighted by Crippen LogP contribution is 2.43. The molecule has 196 valence electrons. The Hall–Kier alpha value is -3.15. The van der Waals surface area contributed by atoms with Gasteiger partial charge in [0.15, 0.2) is 0 Å². The van der Waals surface area contributed by atoms with Gasteiger partial charge in [0, 0.05) is 22.7 Å². The van der Waals surface area contributed by atoms with Crippen LogP contribution in [0.1, 0.15) is 81.2 Å². The Balaban J connectivity index is 1.26. The molecule has 1 unspecified atom stereocenters. The number of nitriles is 1. The number of nitrogens with one attached hydrogen (secondary N) is 1. The molecule has 1 aromatic carbocycles. The minimum Gasteiger partial charge on any atom is -0.465 e. The number of amides is 1. The maximum absolute atomic E-state index is 12.9. The summed E-state index contributed by atoms with van der Waals surface area (Å²) in [7, 11) is 1.38. The number of fused-ring (bicyclic) bond motifs is 2. The Kier molecular flexibility index (Phi) is 8.45. The number of benzene rings is 1. The largest absolute Gasteiger partial charge is 0.465 e. The van der Waals surface area contributed by atoms with Crippen molar-refractivity contribution < 1.29 is 14.3 Å². The lowest BCUT2D eigenvalue weighted by Gasteiger charge is -2.22. The third-order valence-corrected chi connectivity index (χ3v) is 9.55. The SMILES string of the molecule is COC(=O)c1c(NC(=O)CCSc2nc3c(cc2C#N)CCCCC3)sc2c1CCC(c1ccccc1)C2. The minimum atomic E-state index is -0.404. The molecule has 6 nitrogen and oxygen atoms in total. The Bertz CT molecular complexity index is 1380. The summed E-state index contributed by atoms with van der Waals surface area (Å²) in [6.07, 6.45) is 8.21. The van der Waals surface area contributed by atoms with Gasteiger partial charge in [-0.25, -0.2) is 9.78 Å². The van der Waals surface area contributed by atoms with Gasteiger partial charge in [-0.3, -0.25) is 4.79 Å². The molecular weight excluding hydrogens is 514 g/mol. The summed E-state index contributed by atoms with van der Waals surface area (Å²) in [6, 6.07) is 14.7. The van der Waals surface area contributed by atoms with Crippen molar-refractivity contribution in [2.24, 2.45) is 0 Å². The van der Waals surface area contributed by atoms with Crippen LogP contribution in [-0.2, 0) is 35.2 Å². The van der Waals surface area contributed by atoms with Gasteiger partial charge >= 0.3 is 5.97 Å². The van der Waals surface area contributed by atoms with Crippen LogP contribution in [0.2, 0.25) is 0 Å². The predicted octanol–water partition coefficient (Wildman–Crippen LogP) is 6.46. The molecule has 2 aliphatic carbocycles. The van der Waals surface area contributed by atoms with Crippen molar-refractivity contribution in [1.29, 1.82) is 5.26 Å². The van der Waals surface area contributed by atoms with Gasteiger partial charge in [0.25, 0.3) is 0 Å². The van der Waals surface area contributed by atoms with E-state index in [1.165, 1.54) is 47.8 Å². The van der Waals surface area contributed by atoms with Gasteiger partial charge in [0.2, 0.25) is 5.91 Å². The van der Waals surface area contributed by atoms with Crippen LogP contribution in [-0.4, -0.2) is 29.7 Å². The number of pyridine rings is 1. The van der Waals surface area contributed by atoms with Crippen LogP contribution in [0.3, 0.4) is 0 Å². The summed E-state index contributed by atoms with van der Waals surface area (Å²) < 4.78 is 5.09. The Morgan fingerprint density at radius 1 is 1.18 bits per heavy atom. The quantitative estimate of drug-likeness (QED) is 0.208. The topological polar surface area (TPSA) is 92.1 Å². The first kappa shape index (κ1) is 26.5. The van der Waals surface area contributed by atoms with E-state index in [0.29, 0.717) is 32.8 Å². The van der Waals surface area contributed by atoms with Gasteiger partial charge in [-0.15, -0.1) is 23.1 Å². The van der Waals surface area contributed by atoms with E-state index in [0.717, 1.165) is 61.1 Å². The lowest BCUT2D eigenvalue weighted by atomic mass is 9.83. The summed E-state index contributed by atoms with van der Waals surface area (Å²) in [4.78, 5) is 31.6. The first-order chi connectivity index (χ1) is 18.6. The lowest BCUT2D eigenvalue weighted by Crippen LogP contribution is -2.16. The number of aryl methyl sites for hydroxylation is 2. The number of hydrogen-bond donors (Lipinski definition) is 1. The standard InChI is InChI=1S/C30H31N3O3S2/c1-36-30(35)27-23-13-12-20(19-8-4-2-5-9-19)17-25(23)38-29(27)33-26(34)14-15-37-28-22(18-31)16-21-10-6-3-7-11-24(21)32-28/h2,4-5,8-9,16,20H,3,6-7,10-15,17H2,1H3,(H,33,34). The molecular formula is C30H31N3O3S2. The molecule has 5 rings (SSSR count). The van der Waals surface area contributed by atoms with Crippen molar-refractivity contribution in [2.75, 3.05) is 18.2 Å². The predicted molar refractivity (Wildman–Crippen MR) is 151 cm³/mol. The number of aromatic nitrogens is 1. The second-order valence-electron chi connectivity index (χ2n) is 9.82. The fraction of sp³-hybridized carbons (Fsp3) is 0.400. The first-order valence-electron chi connectivity index (χ1n) is 13.2. The van der Waals surface area contributed by atoms with Gasteiger partial charge in [-0.2, -0.15) is 5.26 Å². The molecule has 2 aromatic heterocycles. The van der Waals surface area contributed by atoms with Crippen molar-refractivity contribution in [3.8, 4) is 6.07 Å². The van der Waals surface area contributed by atoms with Gasteiger partial charge in [-0.1, -0.05) is 36.8 Å². The average molecular weight is 546 g/mol. The van der Waals surface area contributed by atoms with E-state index in [1.807, 2.05) is 12.1 Å². The molecule has 0 fully saturated rings. The van der Waals surface area contributed by atoms with Gasteiger partial charge in [0.05, 0.1) is 18.2 Å². The number of thiophene rings is 1. The maximum atomic E-state index is 12.9. The number of nitrogens with zero attached hydrogens (tertiary/aromatic N) is 2. The smallest absolute Gasteiger partial charge is 0.341 e. The molecule has 1 N–H and O–H groups in total. The molecule has 0 radical (unpaired) electrons. The molecule has 1 amide bonds. The van der Waals surface area contributed by atoms with E-state index in [9.17, 15) is 14.9 Å². The molecule has 1 atom stereocenters. The van der Waals surface area contributed by atoms with E-state index in [4.69, 9.17) is 9.72 Å². The number of methoxy groups -OCH3 is 1. The van der Waals surface area contributed by atoms with Crippen molar-refractivity contribution in [3.05, 3.63) is 74.8 Å². The van der Waals surface area contributed by atoms with Crippen molar-refractivity contribution in [1.82, 2.24) is 4.98 Å². The third kappa shape index (κ3) is 5.79. The van der Waals surface area contributed by atoms with Crippen molar-refractivity contribution >= 4 is 40.0 Å². The number of hydrogen-bond acceptors (Lipinski definition) is 7. The number of thioether (sulfide) groups is 1. The zero-order valence-electron chi connectivity index (χ0n) is 21.5. The van der Waals surface area contributed by atoms with Crippen LogP contribution < -0.4 is 5.32 Å². The normalized spacial score (nSPS) is 16.5. The first-order valence-corrected chi connectivity index (χ1v) is 15.0. The summed E-state index contributed by atoms with van der Waals surface area (Å²) >= 11 is 2.94. The maximum Gasteiger partial charge on any atom is 0.341 e. The van der Waals surface area contributed by atoms with E-state index in [1.54, 1.807) is 0 Å². The molecule has 0 bridgehead atoms. The van der Waals surface area contributed by atoms with E-state index in [-0.39, 0.29) is 12.3 Å². The van der Waals surface area contributed by atoms with E-state index >= 15 is 0 Å². The molecule has 0 aliphatic heterocycles. The second kappa shape index (κ2) is 12.1. The van der Waals surface area contributed by atoms with Crippen molar-refractivity contribution in [3.63, 3.8) is 0 Å². The molecule has 8 heteroatoms. The van der Waals surface area contributed by atoms with Crippen molar-refractivity contribution in [2.45, 2.75) is 68.7 Å². The number of ether oxygens (including phenoxy) is 1. The number of anilines is 1. The van der Waals surface area contributed by atoms with Crippen LogP contribution in [0.15, 0.2) is 41.4 Å². The lowest BCUT2D eigenvalue weighted by molar-refractivity contribution is -0.115. The van der Waals surface area contributed by atoms with E-state index < -0.39 is 5.97 Å². The highest BCUT2D eigenvalue weighted by molar-refractivity contribution is 7.99. The van der Waals surface area contributed by atoms with Gasteiger partial charge < -0.3 is 10.1 Å². The Labute approximate surface area is 231 Å². The Morgan fingerprint density at radius 3 is 2.79 bits per heavy atom. The molecule has 0 spiro atoms. The van der Waals surface area contributed by atoms with E-state index in [2.05, 4.69) is 35.7 Å². The average Bonchev–Trinajstić information content (AvgIpc) is 3.13. The second-order valence-corrected chi connectivity index (χ2v) is 12.0. The fourth-order valence-corrected chi connectivity index (χ4v) is 7.66. The summed E-state index contributed by atoms with van der Waals surface area (Å²) in [5.74, 6) is 0.337. The number of carbonyl (C=O) groups is 2. The minimum absolute atomic E-state index is 0.158. The Morgan fingerprint density at radius 2 is 2.00 bits per heavy atom. The third-order valence-electron chi connectivity index (χ3n) is 7.38. The zero-order valence-corrected chi connectivity index (χ0v) is 23.2. The summed E-state index contributed by atoms with van der Waals surface area (Å²) in [5.41, 5.74) is 5.67. The monoisotopic (exact) mass is 545 g/mol. The van der Waals surface area contributed by atoms with Crippen LogP contribution in [0.4, 0.5) is 5.00 Å². The number of rotatable bonds is 7. The van der Waals surface area contributed by atoms with Crippen LogP contribution in [0, 0.1) is 11.3 Å². The van der Waals surface area contributed by atoms with Crippen LogP contribution in [0.25, 0.3) is 0 Å². The molecule has 2 aliphatic rings. The molecule has 2 heterocycles. The molecule has 38 heavy (non-hydrogen) atoms. The highest BCUT2D eigenvalue weighted by atomic mass is 32.2. The summed E-state index contributed by atoms with van der Waals surface area (Å²) in [6.45, 7) is 0. The zero-order chi connectivity index (χ0) is 26.5. The molecule has 3 aromatic rings. The number of esters is 1. The number of carbonyl (C=O) groups excluding carboxylic acids is 2. The van der Waals surface area contributed by atoms with Gasteiger partial charge in [0.1, 0.15) is 16.1 Å². The van der Waals surface area contributed by atoms with Crippen LogP contribution >= 0.6 is 23.1 Å². The van der Waals surface area contributed by atoms with Gasteiger partial charge in [-0.05, 0) is 73.6 Å². The van der Waals surface area contributed by atoms with Crippen LogP contribution in [0.5, 0.6) is 0 Å². The molecule has 0 saturated carbocycles.